The molecule has 0 radical (unpaired) electrons. The van der Waals surface area contributed by atoms with E-state index < -0.39 is 0 Å². The van der Waals surface area contributed by atoms with Gasteiger partial charge in [-0.05, 0) is 37.1 Å². The normalized spacial score (nSPS) is 10.6. The maximum Gasteiger partial charge on any atom is 0.119 e. The summed E-state index contributed by atoms with van der Waals surface area (Å²) >= 11 is 0. The highest BCUT2D eigenvalue weighted by molar-refractivity contribution is 5.28. The summed E-state index contributed by atoms with van der Waals surface area (Å²) in [5.74, 6) is 0.951. The quantitative estimate of drug-likeness (QED) is 0.628. The van der Waals surface area contributed by atoms with E-state index in [1.54, 1.807) is 0 Å². The minimum atomic E-state index is 0.244. The third-order valence-electron chi connectivity index (χ3n) is 2.76. The van der Waals surface area contributed by atoms with Gasteiger partial charge < -0.3 is 15.2 Å². The molecule has 0 aliphatic rings. The number of ether oxygens (including phenoxy) is 1. The first-order valence-corrected chi connectivity index (χ1v) is 6.90. The lowest BCUT2D eigenvalue weighted by Gasteiger charge is -2.08. The number of unbranched alkanes of at least 4 members (excludes halogenated alkanes) is 2. The Morgan fingerprint density at radius 2 is 2.11 bits per heavy atom. The Morgan fingerprint density at radius 3 is 2.89 bits per heavy atom. The standard InChI is InChI=1S/C15H25NO2/c1-2-3-4-11-18-15-8-5-7-14(12-15)13-16-9-6-10-17/h5,7-8,12,16-17H,2-4,6,9-11,13H2,1H3. The van der Waals surface area contributed by atoms with E-state index in [1.807, 2.05) is 12.1 Å². The van der Waals surface area contributed by atoms with Crippen LogP contribution in [0.25, 0.3) is 0 Å². The van der Waals surface area contributed by atoms with Crippen molar-refractivity contribution < 1.29 is 9.84 Å². The summed E-state index contributed by atoms with van der Waals surface area (Å²) in [7, 11) is 0. The minimum Gasteiger partial charge on any atom is -0.494 e. The van der Waals surface area contributed by atoms with E-state index in [-0.39, 0.29) is 6.61 Å². The molecule has 1 rings (SSSR count). The van der Waals surface area contributed by atoms with Gasteiger partial charge in [0.05, 0.1) is 6.61 Å². The van der Waals surface area contributed by atoms with Crippen molar-refractivity contribution in [1.29, 1.82) is 0 Å². The first kappa shape index (κ1) is 15.0. The van der Waals surface area contributed by atoms with Gasteiger partial charge in [-0.3, -0.25) is 0 Å². The molecule has 0 atom stereocenters. The average Bonchev–Trinajstić information content (AvgIpc) is 2.40. The van der Waals surface area contributed by atoms with Crippen molar-refractivity contribution in [2.75, 3.05) is 19.8 Å². The summed E-state index contributed by atoms with van der Waals surface area (Å²) in [5, 5.41) is 12.0. The van der Waals surface area contributed by atoms with Crippen molar-refractivity contribution in [3.8, 4) is 5.75 Å². The Morgan fingerprint density at radius 1 is 1.22 bits per heavy atom. The lowest BCUT2D eigenvalue weighted by Crippen LogP contribution is -2.15. The van der Waals surface area contributed by atoms with Crippen LogP contribution in [0.5, 0.6) is 5.75 Å². The summed E-state index contributed by atoms with van der Waals surface area (Å²) in [4.78, 5) is 0. The molecule has 0 fully saturated rings. The van der Waals surface area contributed by atoms with Crippen molar-refractivity contribution in [3.63, 3.8) is 0 Å². The summed E-state index contributed by atoms with van der Waals surface area (Å²) in [6, 6.07) is 8.20. The van der Waals surface area contributed by atoms with E-state index in [2.05, 4.69) is 24.4 Å². The number of hydrogen-bond donors (Lipinski definition) is 2. The first-order chi connectivity index (χ1) is 8.86. The van der Waals surface area contributed by atoms with Crippen LogP contribution in [0.15, 0.2) is 24.3 Å². The Kier molecular flexibility index (Phi) is 8.26. The van der Waals surface area contributed by atoms with Crippen molar-refractivity contribution in [2.45, 2.75) is 39.2 Å². The second-order valence-corrected chi connectivity index (χ2v) is 4.46. The highest BCUT2D eigenvalue weighted by atomic mass is 16.5. The summed E-state index contributed by atoms with van der Waals surface area (Å²) in [5.41, 5.74) is 1.22. The molecule has 0 aliphatic carbocycles. The topological polar surface area (TPSA) is 41.5 Å². The van der Waals surface area contributed by atoms with Crippen LogP contribution in [0.4, 0.5) is 0 Å². The Labute approximate surface area is 110 Å². The van der Waals surface area contributed by atoms with Gasteiger partial charge in [0.15, 0.2) is 0 Å². The zero-order valence-corrected chi connectivity index (χ0v) is 11.3. The van der Waals surface area contributed by atoms with Crippen LogP contribution in [0, 0.1) is 0 Å². The molecule has 0 amide bonds. The molecule has 0 bridgehead atoms. The third-order valence-corrected chi connectivity index (χ3v) is 2.76. The second-order valence-electron chi connectivity index (χ2n) is 4.46. The smallest absolute Gasteiger partial charge is 0.119 e. The fourth-order valence-electron chi connectivity index (χ4n) is 1.72. The Hall–Kier alpha value is -1.06. The minimum absolute atomic E-state index is 0.244. The zero-order chi connectivity index (χ0) is 13.1. The molecule has 2 N–H and O–H groups in total. The molecule has 0 spiro atoms. The van der Waals surface area contributed by atoms with Gasteiger partial charge in [-0.1, -0.05) is 31.9 Å². The van der Waals surface area contributed by atoms with Crippen molar-refractivity contribution in [3.05, 3.63) is 29.8 Å². The number of hydrogen-bond acceptors (Lipinski definition) is 3. The third kappa shape index (κ3) is 6.62. The number of aliphatic hydroxyl groups excluding tert-OH is 1. The van der Waals surface area contributed by atoms with Crippen molar-refractivity contribution in [1.82, 2.24) is 5.32 Å². The summed E-state index contributed by atoms with van der Waals surface area (Å²) < 4.78 is 5.71. The maximum absolute atomic E-state index is 8.69. The zero-order valence-electron chi connectivity index (χ0n) is 11.3. The molecule has 1 aromatic carbocycles. The molecule has 3 nitrogen and oxygen atoms in total. The lowest BCUT2D eigenvalue weighted by atomic mass is 10.2. The first-order valence-electron chi connectivity index (χ1n) is 6.90. The monoisotopic (exact) mass is 251 g/mol. The van der Waals surface area contributed by atoms with Crippen LogP contribution in [0.2, 0.25) is 0 Å². The van der Waals surface area contributed by atoms with Crippen LogP contribution >= 0.6 is 0 Å². The fourth-order valence-corrected chi connectivity index (χ4v) is 1.72. The van der Waals surface area contributed by atoms with Gasteiger partial charge >= 0.3 is 0 Å². The molecular weight excluding hydrogens is 226 g/mol. The van der Waals surface area contributed by atoms with Gasteiger partial charge in [-0.25, -0.2) is 0 Å². The fraction of sp³-hybridized carbons (Fsp3) is 0.600. The van der Waals surface area contributed by atoms with Crippen molar-refractivity contribution >= 4 is 0 Å². The molecule has 0 aromatic heterocycles. The predicted molar refractivity (Wildman–Crippen MR) is 74.9 cm³/mol. The summed E-state index contributed by atoms with van der Waals surface area (Å²) in [6.07, 6.45) is 4.36. The van der Waals surface area contributed by atoms with E-state index >= 15 is 0 Å². The molecule has 18 heavy (non-hydrogen) atoms. The molecule has 0 heterocycles. The predicted octanol–water partition coefficient (Wildman–Crippen LogP) is 2.73. The average molecular weight is 251 g/mol. The molecule has 1 aromatic rings. The molecule has 0 aliphatic heterocycles. The molecule has 102 valence electrons. The number of aliphatic hydroxyl groups is 1. The maximum atomic E-state index is 8.69. The number of benzene rings is 1. The highest BCUT2D eigenvalue weighted by Crippen LogP contribution is 2.13. The van der Waals surface area contributed by atoms with Crippen LogP contribution in [0.3, 0.4) is 0 Å². The largest absolute Gasteiger partial charge is 0.494 e. The molecule has 0 saturated heterocycles. The molecule has 0 unspecified atom stereocenters. The lowest BCUT2D eigenvalue weighted by molar-refractivity contribution is 0.286. The van der Waals surface area contributed by atoms with Crippen LogP contribution in [-0.2, 0) is 6.54 Å². The van der Waals surface area contributed by atoms with Crippen molar-refractivity contribution in [2.24, 2.45) is 0 Å². The SMILES string of the molecule is CCCCCOc1cccc(CNCCCO)c1. The van der Waals surface area contributed by atoms with E-state index in [9.17, 15) is 0 Å². The van der Waals surface area contributed by atoms with Crippen LogP contribution in [0.1, 0.15) is 38.2 Å². The van der Waals surface area contributed by atoms with Crippen LogP contribution < -0.4 is 10.1 Å². The Balaban J connectivity index is 2.27. The van der Waals surface area contributed by atoms with Gasteiger partial charge in [-0.15, -0.1) is 0 Å². The van der Waals surface area contributed by atoms with Gasteiger partial charge in [0.1, 0.15) is 5.75 Å². The molecular formula is C15H25NO2. The van der Waals surface area contributed by atoms with Gasteiger partial charge in [0, 0.05) is 13.2 Å². The molecule has 0 saturated carbocycles. The van der Waals surface area contributed by atoms with Gasteiger partial charge in [0.25, 0.3) is 0 Å². The molecule has 3 heteroatoms. The number of rotatable bonds is 10. The summed E-state index contributed by atoms with van der Waals surface area (Å²) in [6.45, 7) is 4.91. The second kappa shape index (κ2) is 9.92. The van der Waals surface area contributed by atoms with Gasteiger partial charge in [0.2, 0.25) is 0 Å². The van der Waals surface area contributed by atoms with E-state index in [1.165, 1.54) is 18.4 Å². The Bertz CT molecular complexity index is 288. The van der Waals surface area contributed by atoms with Crippen LogP contribution in [-0.4, -0.2) is 24.9 Å². The van der Waals surface area contributed by atoms with E-state index in [0.29, 0.717) is 0 Å². The number of nitrogens with one attached hydrogen (secondary N) is 1. The van der Waals surface area contributed by atoms with E-state index in [4.69, 9.17) is 9.84 Å². The van der Waals surface area contributed by atoms with Gasteiger partial charge in [-0.2, -0.15) is 0 Å². The highest BCUT2D eigenvalue weighted by Gasteiger charge is 1.97. The van der Waals surface area contributed by atoms with E-state index in [0.717, 1.165) is 38.3 Å².